The van der Waals surface area contributed by atoms with Gasteiger partial charge in [0.15, 0.2) is 0 Å². The summed E-state index contributed by atoms with van der Waals surface area (Å²) in [7, 11) is 0. The van der Waals surface area contributed by atoms with E-state index in [2.05, 4.69) is 13.0 Å². The van der Waals surface area contributed by atoms with Crippen LogP contribution in [0.5, 0.6) is 0 Å². The highest BCUT2D eigenvalue weighted by atomic mass is 16.1. The lowest BCUT2D eigenvalue weighted by molar-refractivity contribution is -0.126. The Hall–Kier alpha value is -0.590. The van der Waals surface area contributed by atoms with Crippen molar-refractivity contribution in [3.8, 4) is 0 Å². The number of carbonyl (C=O) groups is 1. The summed E-state index contributed by atoms with van der Waals surface area (Å²) < 4.78 is 0. The molecule has 0 aromatic carbocycles. The molecular formula is C12H16O. The number of carbonyl (C=O) groups excluding carboxylic acids is 1. The van der Waals surface area contributed by atoms with Crippen molar-refractivity contribution in [1.82, 2.24) is 0 Å². The van der Waals surface area contributed by atoms with Crippen LogP contribution in [0.25, 0.3) is 0 Å². The molecule has 0 N–H and O–H groups in total. The van der Waals surface area contributed by atoms with Gasteiger partial charge in [0.2, 0.25) is 0 Å². The molecule has 0 aliphatic heterocycles. The predicted octanol–water partition coefficient (Wildman–Crippen LogP) is 2.57. The van der Waals surface area contributed by atoms with Crippen LogP contribution in [0.3, 0.4) is 0 Å². The first-order chi connectivity index (χ1) is 6.29. The van der Waals surface area contributed by atoms with Gasteiger partial charge in [-0.15, -0.1) is 0 Å². The van der Waals surface area contributed by atoms with Crippen molar-refractivity contribution in [3.05, 3.63) is 11.6 Å². The summed E-state index contributed by atoms with van der Waals surface area (Å²) in [6.07, 6.45) is 7.14. The van der Waals surface area contributed by atoms with Gasteiger partial charge in [-0.1, -0.05) is 11.6 Å². The van der Waals surface area contributed by atoms with Crippen LogP contribution in [0.4, 0.5) is 0 Å². The first kappa shape index (κ1) is 7.78. The molecule has 2 fully saturated rings. The van der Waals surface area contributed by atoms with Gasteiger partial charge in [0, 0.05) is 11.8 Å². The van der Waals surface area contributed by atoms with E-state index in [1.807, 2.05) is 0 Å². The Morgan fingerprint density at radius 2 is 2.08 bits per heavy atom. The van der Waals surface area contributed by atoms with E-state index < -0.39 is 0 Å². The Balaban J connectivity index is 2.07. The van der Waals surface area contributed by atoms with Crippen LogP contribution in [-0.4, -0.2) is 5.78 Å². The standard InChI is InChI=1S/C12H16O/c1-7-3-2-4-9-8-5-6-10(11(7)8)12(9)13/h3,8-11H,2,4-6H2,1H3/t8-,9-,10-,11-/m1/s1. The molecule has 0 aromatic rings. The molecule has 3 aliphatic rings. The quantitative estimate of drug-likeness (QED) is 0.518. The minimum atomic E-state index is 0.423. The average molecular weight is 176 g/mol. The summed E-state index contributed by atoms with van der Waals surface area (Å²) >= 11 is 0. The van der Waals surface area contributed by atoms with E-state index in [1.54, 1.807) is 0 Å². The summed E-state index contributed by atoms with van der Waals surface area (Å²) in [5.41, 5.74) is 1.51. The maximum atomic E-state index is 11.9. The number of Topliss-reactive ketones (excluding diaryl/α,β-unsaturated/α-hetero) is 1. The fourth-order valence-corrected chi connectivity index (χ4v) is 3.92. The van der Waals surface area contributed by atoms with Crippen LogP contribution < -0.4 is 0 Å². The van der Waals surface area contributed by atoms with E-state index in [0.717, 1.165) is 18.8 Å². The topological polar surface area (TPSA) is 17.1 Å². The Morgan fingerprint density at radius 1 is 1.23 bits per heavy atom. The van der Waals surface area contributed by atoms with Crippen LogP contribution in [0.1, 0.15) is 32.6 Å². The molecule has 4 atom stereocenters. The molecule has 1 nitrogen and oxygen atoms in total. The Morgan fingerprint density at radius 3 is 2.92 bits per heavy atom. The number of rotatable bonds is 0. The second kappa shape index (κ2) is 2.46. The molecule has 4 bridgehead atoms. The van der Waals surface area contributed by atoms with E-state index in [-0.39, 0.29) is 0 Å². The van der Waals surface area contributed by atoms with Gasteiger partial charge in [0.25, 0.3) is 0 Å². The minimum absolute atomic E-state index is 0.423. The average Bonchev–Trinajstić information content (AvgIpc) is 2.57. The predicted molar refractivity (Wildman–Crippen MR) is 51.2 cm³/mol. The zero-order valence-corrected chi connectivity index (χ0v) is 8.12. The lowest BCUT2D eigenvalue weighted by Gasteiger charge is -2.18. The minimum Gasteiger partial charge on any atom is -0.299 e. The van der Waals surface area contributed by atoms with E-state index in [4.69, 9.17) is 0 Å². The molecule has 0 amide bonds. The molecule has 0 spiro atoms. The molecule has 0 aromatic heterocycles. The van der Waals surface area contributed by atoms with Crippen LogP contribution >= 0.6 is 0 Å². The molecule has 3 aliphatic carbocycles. The van der Waals surface area contributed by atoms with E-state index in [0.29, 0.717) is 23.5 Å². The maximum Gasteiger partial charge on any atom is 0.139 e. The van der Waals surface area contributed by atoms with Crippen LogP contribution in [0.2, 0.25) is 0 Å². The van der Waals surface area contributed by atoms with Crippen LogP contribution in [0.15, 0.2) is 11.6 Å². The third kappa shape index (κ3) is 0.853. The monoisotopic (exact) mass is 176 g/mol. The molecule has 3 rings (SSSR count). The van der Waals surface area contributed by atoms with Crippen molar-refractivity contribution in [2.45, 2.75) is 32.6 Å². The number of ketones is 1. The fourth-order valence-electron chi connectivity index (χ4n) is 3.92. The number of allylic oxidation sites excluding steroid dienone is 2. The van der Waals surface area contributed by atoms with Gasteiger partial charge < -0.3 is 0 Å². The zero-order chi connectivity index (χ0) is 9.00. The Kier molecular flexibility index (Phi) is 1.47. The van der Waals surface area contributed by atoms with Crippen molar-refractivity contribution >= 4 is 5.78 Å². The van der Waals surface area contributed by atoms with Gasteiger partial charge in [0.1, 0.15) is 5.78 Å². The summed E-state index contributed by atoms with van der Waals surface area (Å²) in [6, 6.07) is 0. The largest absolute Gasteiger partial charge is 0.299 e. The third-order valence-corrected chi connectivity index (χ3v) is 4.42. The smallest absolute Gasteiger partial charge is 0.139 e. The lowest BCUT2D eigenvalue weighted by atomic mass is 9.85. The van der Waals surface area contributed by atoms with Crippen molar-refractivity contribution < 1.29 is 4.79 Å². The van der Waals surface area contributed by atoms with Gasteiger partial charge in [-0.3, -0.25) is 4.79 Å². The number of hydrogen-bond donors (Lipinski definition) is 0. The SMILES string of the molecule is CC1=CCC[C@H]2C(=O)[C@@H]3CC[C@H]2[C@@H]13. The molecule has 0 radical (unpaired) electrons. The van der Waals surface area contributed by atoms with Crippen molar-refractivity contribution in [3.63, 3.8) is 0 Å². The van der Waals surface area contributed by atoms with Crippen molar-refractivity contribution in [1.29, 1.82) is 0 Å². The highest BCUT2D eigenvalue weighted by Crippen LogP contribution is 2.55. The molecule has 70 valence electrons. The van der Waals surface area contributed by atoms with E-state index >= 15 is 0 Å². The summed E-state index contributed by atoms with van der Waals surface area (Å²) in [4.78, 5) is 11.9. The molecule has 2 saturated carbocycles. The molecule has 13 heavy (non-hydrogen) atoms. The molecule has 1 heteroatoms. The molecule has 0 saturated heterocycles. The molecule has 0 heterocycles. The third-order valence-electron chi connectivity index (χ3n) is 4.42. The summed E-state index contributed by atoms with van der Waals surface area (Å²) in [5.74, 6) is 2.86. The fraction of sp³-hybridized carbons (Fsp3) is 0.750. The second-order valence-electron chi connectivity index (χ2n) is 4.91. The zero-order valence-electron chi connectivity index (χ0n) is 8.12. The second-order valence-corrected chi connectivity index (χ2v) is 4.91. The van der Waals surface area contributed by atoms with Gasteiger partial charge in [-0.2, -0.15) is 0 Å². The normalized spacial score (nSPS) is 47.8. The first-order valence-electron chi connectivity index (χ1n) is 5.49. The van der Waals surface area contributed by atoms with Crippen LogP contribution in [-0.2, 0) is 4.79 Å². The van der Waals surface area contributed by atoms with Gasteiger partial charge >= 0.3 is 0 Å². The van der Waals surface area contributed by atoms with Crippen molar-refractivity contribution in [2.75, 3.05) is 0 Å². The summed E-state index contributed by atoms with van der Waals surface area (Å²) in [5, 5.41) is 0. The first-order valence-corrected chi connectivity index (χ1v) is 5.49. The lowest BCUT2D eigenvalue weighted by Crippen LogP contribution is -2.21. The maximum absolute atomic E-state index is 11.9. The highest BCUT2D eigenvalue weighted by molar-refractivity contribution is 5.88. The van der Waals surface area contributed by atoms with E-state index in [1.165, 1.54) is 18.4 Å². The van der Waals surface area contributed by atoms with Crippen molar-refractivity contribution in [2.24, 2.45) is 23.7 Å². The Bertz CT molecular complexity index is 289. The highest BCUT2D eigenvalue weighted by Gasteiger charge is 2.54. The molecule has 0 unspecified atom stereocenters. The molecular weight excluding hydrogens is 160 g/mol. The van der Waals surface area contributed by atoms with Gasteiger partial charge in [-0.25, -0.2) is 0 Å². The number of hydrogen-bond acceptors (Lipinski definition) is 1. The van der Waals surface area contributed by atoms with Crippen LogP contribution in [0, 0.1) is 23.7 Å². The van der Waals surface area contributed by atoms with Gasteiger partial charge in [0.05, 0.1) is 0 Å². The van der Waals surface area contributed by atoms with Gasteiger partial charge in [-0.05, 0) is 44.4 Å². The van der Waals surface area contributed by atoms with E-state index in [9.17, 15) is 4.79 Å². The summed E-state index contributed by atoms with van der Waals surface area (Å²) in [6.45, 7) is 2.23. The Labute approximate surface area is 79.2 Å².